The first-order valence-corrected chi connectivity index (χ1v) is 6.56. The van der Waals surface area contributed by atoms with Gasteiger partial charge in [0.25, 0.3) is 0 Å². The standard InChI is InChI=1S/C13H7BrClNO4/c14-10(7-8-1-3-9(15)4-2-8)13(17)11-5-6-12(20-11)16(18)19/h1-7H/b10-7-. The summed E-state index contributed by atoms with van der Waals surface area (Å²) in [4.78, 5) is 21.8. The molecule has 2 rings (SSSR count). The maximum atomic E-state index is 12.0. The van der Waals surface area contributed by atoms with E-state index in [9.17, 15) is 14.9 Å². The molecule has 0 saturated carbocycles. The molecule has 5 nitrogen and oxygen atoms in total. The van der Waals surface area contributed by atoms with Crippen molar-refractivity contribution < 1.29 is 14.1 Å². The van der Waals surface area contributed by atoms with Crippen LogP contribution >= 0.6 is 27.5 Å². The smallest absolute Gasteiger partial charge is 0.397 e. The third-order valence-corrected chi connectivity index (χ3v) is 3.22. The average Bonchev–Trinajstić information content (AvgIpc) is 2.90. The number of nitrogens with zero attached hydrogens (tertiary/aromatic N) is 1. The van der Waals surface area contributed by atoms with Crippen LogP contribution in [0.15, 0.2) is 45.3 Å². The molecule has 0 bridgehead atoms. The summed E-state index contributed by atoms with van der Waals surface area (Å²) in [5, 5.41) is 11.1. The topological polar surface area (TPSA) is 73.3 Å². The Morgan fingerprint density at radius 1 is 1.25 bits per heavy atom. The van der Waals surface area contributed by atoms with Crippen LogP contribution in [0.4, 0.5) is 5.88 Å². The monoisotopic (exact) mass is 355 g/mol. The fraction of sp³-hybridized carbons (Fsp3) is 0. The van der Waals surface area contributed by atoms with Crippen LogP contribution in [-0.2, 0) is 0 Å². The summed E-state index contributed by atoms with van der Waals surface area (Å²) >= 11 is 8.89. The lowest BCUT2D eigenvalue weighted by atomic mass is 10.2. The Balaban J connectivity index is 2.23. The number of Topliss-reactive ketones (excluding diaryl/α,β-unsaturated/α-hetero) is 1. The van der Waals surface area contributed by atoms with Gasteiger partial charge in [-0.1, -0.05) is 23.7 Å². The number of hydrogen-bond donors (Lipinski definition) is 0. The number of carbonyl (C=O) groups excluding carboxylic acids is 1. The van der Waals surface area contributed by atoms with Gasteiger partial charge >= 0.3 is 5.88 Å². The van der Waals surface area contributed by atoms with Crippen molar-refractivity contribution in [1.82, 2.24) is 0 Å². The summed E-state index contributed by atoms with van der Waals surface area (Å²) < 4.78 is 5.07. The normalized spacial score (nSPS) is 11.4. The number of nitro groups is 1. The minimum atomic E-state index is -0.701. The quantitative estimate of drug-likeness (QED) is 0.351. The zero-order valence-electron chi connectivity index (χ0n) is 9.88. The van der Waals surface area contributed by atoms with Crippen molar-refractivity contribution in [3.05, 3.63) is 67.3 Å². The van der Waals surface area contributed by atoms with Gasteiger partial charge in [-0.05, 0) is 45.8 Å². The molecule has 0 amide bonds. The number of allylic oxidation sites excluding steroid dienone is 1. The number of benzene rings is 1. The third-order valence-electron chi connectivity index (χ3n) is 2.38. The Morgan fingerprint density at radius 2 is 1.90 bits per heavy atom. The SMILES string of the molecule is O=C(/C(Br)=C/c1ccc(Cl)cc1)c1ccc([N+](=O)[O-])o1. The molecule has 7 heteroatoms. The lowest BCUT2D eigenvalue weighted by molar-refractivity contribution is -0.402. The van der Waals surface area contributed by atoms with Crippen molar-refractivity contribution in [2.45, 2.75) is 0 Å². The zero-order chi connectivity index (χ0) is 14.7. The molecule has 0 aliphatic carbocycles. The molecule has 0 aliphatic heterocycles. The summed E-state index contributed by atoms with van der Waals surface area (Å²) in [6.45, 7) is 0. The Morgan fingerprint density at radius 3 is 2.45 bits per heavy atom. The molecular weight excluding hydrogens is 350 g/mol. The molecule has 1 aromatic heterocycles. The molecule has 0 spiro atoms. The summed E-state index contributed by atoms with van der Waals surface area (Å²) in [6, 6.07) is 9.25. The highest BCUT2D eigenvalue weighted by Gasteiger charge is 2.19. The fourth-order valence-electron chi connectivity index (χ4n) is 1.44. The van der Waals surface area contributed by atoms with Crippen LogP contribution in [0.25, 0.3) is 6.08 Å². The van der Waals surface area contributed by atoms with Gasteiger partial charge in [0.15, 0.2) is 5.76 Å². The lowest BCUT2D eigenvalue weighted by Gasteiger charge is -1.97. The number of rotatable bonds is 4. The van der Waals surface area contributed by atoms with Gasteiger partial charge in [0.05, 0.1) is 10.5 Å². The predicted octanol–water partition coefficient (Wildman–Crippen LogP) is 4.46. The van der Waals surface area contributed by atoms with E-state index in [1.54, 1.807) is 30.3 Å². The number of carbonyl (C=O) groups is 1. The molecule has 0 unspecified atom stereocenters. The zero-order valence-corrected chi connectivity index (χ0v) is 12.2. The van der Waals surface area contributed by atoms with E-state index in [0.717, 1.165) is 11.6 Å². The summed E-state index contributed by atoms with van der Waals surface area (Å²) in [5.74, 6) is -1.05. The highest BCUT2D eigenvalue weighted by atomic mass is 79.9. The first kappa shape index (κ1) is 14.5. The summed E-state index contributed by atoms with van der Waals surface area (Å²) in [7, 11) is 0. The van der Waals surface area contributed by atoms with Crippen LogP contribution in [0.1, 0.15) is 16.1 Å². The molecule has 1 heterocycles. The van der Waals surface area contributed by atoms with Gasteiger partial charge in [0, 0.05) is 5.02 Å². The van der Waals surface area contributed by atoms with Crippen LogP contribution in [0, 0.1) is 10.1 Å². The maximum absolute atomic E-state index is 12.0. The molecule has 0 saturated heterocycles. The van der Waals surface area contributed by atoms with Gasteiger partial charge < -0.3 is 4.42 Å². The van der Waals surface area contributed by atoms with Crippen LogP contribution in [0.2, 0.25) is 5.02 Å². The fourth-order valence-corrected chi connectivity index (χ4v) is 2.02. The van der Waals surface area contributed by atoms with Gasteiger partial charge in [-0.3, -0.25) is 14.9 Å². The molecule has 0 fully saturated rings. The number of ketones is 1. The number of hydrogen-bond acceptors (Lipinski definition) is 4. The first-order chi connectivity index (χ1) is 9.47. The van der Waals surface area contributed by atoms with Crippen molar-refractivity contribution in [3.8, 4) is 0 Å². The van der Waals surface area contributed by atoms with Crippen LogP contribution < -0.4 is 0 Å². The second-order valence-corrected chi connectivity index (χ2v) is 5.06. The lowest BCUT2D eigenvalue weighted by Crippen LogP contribution is -1.96. The minimum absolute atomic E-state index is 0.103. The van der Waals surface area contributed by atoms with Crippen molar-refractivity contribution in [2.24, 2.45) is 0 Å². The minimum Gasteiger partial charge on any atom is -0.397 e. The molecule has 20 heavy (non-hydrogen) atoms. The van der Waals surface area contributed by atoms with Gasteiger partial charge in [0.2, 0.25) is 5.78 Å². The Hall–Kier alpha value is -1.92. The van der Waals surface area contributed by atoms with Gasteiger partial charge in [0.1, 0.15) is 4.92 Å². The molecule has 0 aliphatic rings. The van der Waals surface area contributed by atoms with E-state index in [2.05, 4.69) is 15.9 Å². The van der Waals surface area contributed by atoms with Gasteiger partial charge in [-0.2, -0.15) is 0 Å². The van der Waals surface area contributed by atoms with E-state index < -0.39 is 16.6 Å². The van der Waals surface area contributed by atoms with Crippen LogP contribution in [0.3, 0.4) is 0 Å². The van der Waals surface area contributed by atoms with Crippen LogP contribution in [0.5, 0.6) is 0 Å². The maximum Gasteiger partial charge on any atom is 0.433 e. The summed E-state index contributed by atoms with van der Waals surface area (Å²) in [5.41, 5.74) is 0.760. The molecule has 1 aromatic carbocycles. The van der Waals surface area contributed by atoms with Crippen molar-refractivity contribution in [1.29, 1.82) is 0 Å². The Bertz CT molecular complexity index is 691. The number of halogens is 2. The highest BCUT2D eigenvalue weighted by Crippen LogP contribution is 2.23. The van der Waals surface area contributed by atoms with Gasteiger partial charge in [-0.15, -0.1) is 0 Å². The third kappa shape index (κ3) is 3.34. The average molecular weight is 357 g/mol. The molecule has 102 valence electrons. The van der Waals surface area contributed by atoms with E-state index in [4.69, 9.17) is 16.0 Å². The van der Waals surface area contributed by atoms with E-state index in [1.165, 1.54) is 6.07 Å². The van der Waals surface area contributed by atoms with E-state index >= 15 is 0 Å². The Labute approximate surface area is 127 Å². The largest absolute Gasteiger partial charge is 0.433 e. The first-order valence-electron chi connectivity index (χ1n) is 5.39. The van der Waals surface area contributed by atoms with Crippen molar-refractivity contribution in [3.63, 3.8) is 0 Å². The van der Waals surface area contributed by atoms with E-state index in [0.29, 0.717) is 5.02 Å². The molecule has 0 radical (unpaired) electrons. The second-order valence-electron chi connectivity index (χ2n) is 3.77. The Kier molecular flexibility index (Phi) is 4.36. The van der Waals surface area contributed by atoms with Crippen molar-refractivity contribution in [2.75, 3.05) is 0 Å². The molecule has 2 aromatic rings. The number of furan rings is 1. The van der Waals surface area contributed by atoms with Crippen LogP contribution in [-0.4, -0.2) is 10.7 Å². The van der Waals surface area contributed by atoms with Gasteiger partial charge in [-0.25, -0.2) is 0 Å². The van der Waals surface area contributed by atoms with E-state index in [-0.39, 0.29) is 10.2 Å². The van der Waals surface area contributed by atoms with E-state index in [1.807, 2.05) is 0 Å². The summed E-state index contributed by atoms with van der Waals surface area (Å²) in [6.07, 6.45) is 1.58. The molecule has 0 N–H and O–H groups in total. The molecule has 0 atom stereocenters. The molecular formula is C13H7BrClNO4. The second kappa shape index (κ2) is 6.02. The predicted molar refractivity (Wildman–Crippen MR) is 78.0 cm³/mol. The highest BCUT2D eigenvalue weighted by molar-refractivity contribution is 9.12. The van der Waals surface area contributed by atoms with Crippen molar-refractivity contribution >= 4 is 45.3 Å².